The van der Waals surface area contributed by atoms with Gasteiger partial charge in [0, 0.05) is 30.5 Å². The summed E-state index contributed by atoms with van der Waals surface area (Å²) in [6, 6.07) is 21.8. The molecule has 0 radical (unpaired) electrons. The van der Waals surface area contributed by atoms with Gasteiger partial charge in [-0.3, -0.25) is 9.69 Å². The van der Waals surface area contributed by atoms with Crippen molar-refractivity contribution in [2.75, 3.05) is 56.9 Å². The quantitative estimate of drug-likeness (QED) is 0.215. The Balaban J connectivity index is 1.59. The normalized spacial score (nSPS) is 13.4. The summed E-state index contributed by atoms with van der Waals surface area (Å²) in [5, 5.41) is 9.21. The number of methoxy groups -OCH3 is 1. The Kier molecular flexibility index (Phi) is 8.63. The number of urea groups is 1. The second kappa shape index (κ2) is 12.3. The monoisotopic (exact) mass is 527 g/mol. The van der Waals surface area contributed by atoms with E-state index in [1.54, 1.807) is 30.1 Å². The second-order valence-electron chi connectivity index (χ2n) is 9.44. The Hall–Kier alpha value is -4.63. The van der Waals surface area contributed by atoms with Crippen LogP contribution in [0, 0.1) is 0 Å². The van der Waals surface area contributed by atoms with Crippen LogP contribution in [0.4, 0.5) is 21.9 Å². The molecule has 0 saturated carbocycles. The van der Waals surface area contributed by atoms with Gasteiger partial charge in [-0.25, -0.2) is 9.59 Å². The van der Waals surface area contributed by atoms with Gasteiger partial charge in [0.25, 0.3) is 5.91 Å². The number of hydrogen-bond donors (Lipinski definition) is 3. The molecule has 3 aromatic carbocycles. The predicted molar refractivity (Wildman–Crippen MR) is 155 cm³/mol. The van der Waals surface area contributed by atoms with E-state index in [1.807, 2.05) is 68.7 Å². The molecule has 3 N–H and O–H groups in total. The summed E-state index contributed by atoms with van der Waals surface area (Å²) in [5.74, 6) is -0.751. The van der Waals surface area contributed by atoms with Crippen LogP contribution in [0.25, 0.3) is 11.3 Å². The van der Waals surface area contributed by atoms with Crippen LogP contribution >= 0.6 is 0 Å². The highest BCUT2D eigenvalue weighted by Gasteiger charge is 2.29. The molecule has 9 heteroatoms. The van der Waals surface area contributed by atoms with Crippen LogP contribution in [0.2, 0.25) is 0 Å². The molecule has 3 amide bonds. The topological polar surface area (TPSA) is 103 Å². The lowest BCUT2D eigenvalue weighted by molar-refractivity contribution is -0.110. The third-order valence-corrected chi connectivity index (χ3v) is 6.38. The maximum Gasteiger partial charge on any atom is 0.337 e. The molecule has 0 atom stereocenters. The van der Waals surface area contributed by atoms with Crippen LogP contribution in [0.3, 0.4) is 0 Å². The number of carbonyl (C=O) groups excluding carboxylic acids is 3. The lowest BCUT2D eigenvalue weighted by Crippen LogP contribution is -2.38. The third-order valence-electron chi connectivity index (χ3n) is 6.38. The molecule has 39 heavy (non-hydrogen) atoms. The molecular weight excluding hydrogens is 494 g/mol. The Morgan fingerprint density at radius 1 is 0.923 bits per heavy atom. The lowest BCUT2D eigenvalue weighted by Gasteiger charge is -2.20. The fourth-order valence-electron chi connectivity index (χ4n) is 4.29. The molecule has 0 aliphatic carbocycles. The van der Waals surface area contributed by atoms with Crippen molar-refractivity contribution in [2.24, 2.45) is 0 Å². The van der Waals surface area contributed by atoms with Crippen LogP contribution in [0.1, 0.15) is 27.9 Å². The van der Waals surface area contributed by atoms with E-state index in [1.165, 1.54) is 7.11 Å². The zero-order valence-electron chi connectivity index (χ0n) is 22.6. The largest absolute Gasteiger partial charge is 0.465 e. The van der Waals surface area contributed by atoms with Gasteiger partial charge in [-0.15, -0.1) is 0 Å². The number of ether oxygens (including phenoxy) is 1. The van der Waals surface area contributed by atoms with Gasteiger partial charge in [0.15, 0.2) is 0 Å². The molecule has 3 aromatic rings. The summed E-state index contributed by atoms with van der Waals surface area (Å²) in [6.07, 6.45) is 0.868. The van der Waals surface area contributed by atoms with Crippen molar-refractivity contribution in [3.05, 3.63) is 89.5 Å². The van der Waals surface area contributed by atoms with Gasteiger partial charge in [-0.2, -0.15) is 0 Å². The molecule has 0 fully saturated rings. The fourth-order valence-corrected chi connectivity index (χ4v) is 4.29. The van der Waals surface area contributed by atoms with Gasteiger partial charge in [-0.05, 0) is 69.0 Å². The van der Waals surface area contributed by atoms with Crippen molar-refractivity contribution >= 4 is 46.2 Å². The Morgan fingerprint density at radius 3 is 2.31 bits per heavy atom. The molecule has 4 rings (SSSR count). The minimum Gasteiger partial charge on any atom is -0.465 e. The number of rotatable bonds is 9. The molecule has 9 nitrogen and oxygen atoms in total. The van der Waals surface area contributed by atoms with E-state index in [9.17, 15) is 14.4 Å². The average molecular weight is 528 g/mol. The van der Waals surface area contributed by atoms with Crippen LogP contribution < -0.4 is 20.9 Å². The maximum atomic E-state index is 13.2. The summed E-state index contributed by atoms with van der Waals surface area (Å²) in [4.78, 5) is 41.4. The number of fused-ring (bicyclic) bond motifs is 1. The number of esters is 1. The van der Waals surface area contributed by atoms with Crippen LogP contribution in [-0.2, 0) is 9.53 Å². The van der Waals surface area contributed by atoms with E-state index < -0.39 is 5.97 Å². The molecule has 1 aliphatic rings. The number of carbonyl (C=O) groups is 3. The van der Waals surface area contributed by atoms with E-state index in [2.05, 4.69) is 20.9 Å². The summed E-state index contributed by atoms with van der Waals surface area (Å²) in [5.41, 5.74) is 4.97. The van der Waals surface area contributed by atoms with Gasteiger partial charge < -0.3 is 25.6 Å². The summed E-state index contributed by atoms with van der Waals surface area (Å²) < 4.78 is 4.81. The third kappa shape index (κ3) is 6.45. The molecule has 1 heterocycles. The van der Waals surface area contributed by atoms with E-state index in [0.717, 1.165) is 29.9 Å². The molecule has 0 saturated heterocycles. The summed E-state index contributed by atoms with van der Waals surface area (Å²) in [7, 11) is 7.05. The van der Waals surface area contributed by atoms with Crippen LogP contribution in [0.5, 0.6) is 0 Å². The highest BCUT2D eigenvalue weighted by molar-refractivity contribution is 6.37. The zero-order valence-corrected chi connectivity index (χ0v) is 22.6. The highest BCUT2D eigenvalue weighted by atomic mass is 16.5. The fraction of sp³-hybridized carbons (Fsp3) is 0.233. The van der Waals surface area contributed by atoms with Crippen molar-refractivity contribution < 1.29 is 19.1 Å². The average Bonchev–Trinajstić information content (AvgIpc) is 3.28. The number of nitrogens with zero attached hydrogens (tertiary/aromatic N) is 2. The van der Waals surface area contributed by atoms with Crippen molar-refractivity contribution in [1.82, 2.24) is 10.2 Å². The molecule has 0 unspecified atom stereocenters. The van der Waals surface area contributed by atoms with E-state index in [-0.39, 0.29) is 11.9 Å². The van der Waals surface area contributed by atoms with Crippen LogP contribution in [-0.4, -0.2) is 64.1 Å². The number of nitrogens with one attached hydrogen (secondary N) is 3. The molecule has 202 valence electrons. The van der Waals surface area contributed by atoms with Crippen LogP contribution in [0.15, 0.2) is 72.8 Å². The molecule has 0 bridgehead atoms. The number of benzene rings is 3. The first-order valence-electron chi connectivity index (χ1n) is 12.7. The van der Waals surface area contributed by atoms with Gasteiger partial charge in [0.2, 0.25) is 0 Å². The van der Waals surface area contributed by atoms with Gasteiger partial charge in [-0.1, -0.05) is 36.4 Å². The minimum absolute atomic E-state index is 0.174. The number of anilines is 3. The van der Waals surface area contributed by atoms with Crippen molar-refractivity contribution in [3.8, 4) is 0 Å². The van der Waals surface area contributed by atoms with E-state index in [0.29, 0.717) is 34.6 Å². The second-order valence-corrected chi connectivity index (χ2v) is 9.44. The number of amides is 3. The van der Waals surface area contributed by atoms with Gasteiger partial charge in [0.05, 0.1) is 29.6 Å². The standard InChI is InChI=1S/C30H33N5O4/c1-34(2)18-8-17-31-30(38)35(3)23-14-12-22(13-15-23)32-27(20-9-6-5-7-10-20)26-24-16-11-21(29(37)39-4)19-25(24)33-28(26)36/h5-7,9-16,19,32H,8,17-18H2,1-4H3,(H,31,38)(H,33,36). The number of hydrogen-bond acceptors (Lipinski definition) is 6. The van der Waals surface area contributed by atoms with Crippen molar-refractivity contribution in [3.63, 3.8) is 0 Å². The lowest BCUT2D eigenvalue weighted by atomic mass is 9.99. The smallest absolute Gasteiger partial charge is 0.337 e. The molecule has 1 aliphatic heterocycles. The van der Waals surface area contributed by atoms with Gasteiger partial charge in [0.1, 0.15) is 0 Å². The Bertz CT molecular complexity index is 1380. The molecular formula is C30H33N5O4. The first-order chi connectivity index (χ1) is 18.8. The highest BCUT2D eigenvalue weighted by Crippen LogP contribution is 2.38. The predicted octanol–water partition coefficient (Wildman–Crippen LogP) is 4.50. The van der Waals surface area contributed by atoms with E-state index >= 15 is 0 Å². The van der Waals surface area contributed by atoms with Gasteiger partial charge >= 0.3 is 12.0 Å². The first kappa shape index (κ1) is 27.4. The molecule has 0 spiro atoms. The van der Waals surface area contributed by atoms with Crippen molar-refractivity contribution in [2.45, 2.75) is 6.42 Å². The SMILES string of the molecule is COC(=O)c1ccc2c(c1)NC(=O)C2=C(Nc1ccc(N(C)C(=O)NCCCN(C)C)cc1)c1ccccc1. The maximum absolute atomic E-state index is 13.2. The zero-order chi connectivity index (χ0) is 27.9. The summed E-state index contributed by atoms with van der Waals surface area (Å²) in [6.45, 7) is 1.50. The van der Waals surface area contributed by atoms with E-state index in [4.69, 9.17) is 4.74 Å². The van der Waals surface area contributed by atoms with Crippen molar-refractivity contribution in [1.29, 1.82) is 0 Å². The minimum atomic E-state index is -0.474. The first-order valence-corrected chi connectivity index (χ1v) is 12.7. The Morgan fingerprint density at radius 2 is 1.64 bits per heavy atom. The Labute approximate surface area is 228 Å². The molecule has 0 aromatic heterocycles. The summed E-state index contributed by atoms with van der Waals surface area (Å²) >= 11 is 0.